The Labute approximate surface area is 125 Å². The van der Waals surface area contributed by atoms with Gasteiger partial charge in [0.1, 0.15) is 5.75 Å². The average Bonchev–Trinajstić information content (AvgIpc) is 2.98. The molecule has 0 atom stereocenters. The van der Waals surface area contributed by atoms with Crippen LogP contribution in [-0.4, -0.2) is 35.4 Å². The normalized spacial score (nSPS) is 13.1. The predicted molar refractivity (Wildman–Crippen MR) is 78.5 cm³/mol. The highest BCUT2D eigenvalue weighted by atomic mass is 32.1. The van der Waals surface area contributed by atoms with Gasteiger partial charge in [-0.3, -0.25) is 9.59 Å². The number of hydrogen-bond donors (Lipinski definition) is 1. The summed E-state index contributed by atoms with van der Waals surface area (Å²) < 4.78 is 5.27. The van der Waals surface area contributed by atoms with Gasteiger partial charge >= 0.3 is 0 Å². The lowest BCUT2D eigenvalue weighted by molar-refractivity contribution is -0.118. The standard InChI is InChI=1S/C14H13N3O3S/c1-17(5-10-7-21-8-15-10)14(19)9-2-3-12-11(4-9)16-13(18)6-20-12/h2-4,7-8H,5-6H2,1H3,(H,16,18). The van der Waals surface area contributed by atoms with Crippen molar-refractivity contribution >= 4 is 28.8 Å². The van der Waals surface area contributed by atoms with Gasteiger partial charge in [-0.2, -0.15) is 0 Å². The van der Waals surface area contributed by atoms with Crippen LogP contribution in [0, 0.1) is 0 Å². The molecule has 1 aromatic carbocycles. The number of amides is 2. The van der Waals surface area contributed by atoms with E-state index in [1.807, 2.05) is 5.38 Å². The van der Waals surface area contributed by atoms with Gasteiger partial charge < -0.3 is 15.0 Å². The molecule has 1 aliphatic rings. The first kappa shape index (κ1) is 13.6. The van der Waals surface area contributed by atoms with Crippen LogP contribution in [0.25, 0.3) is 0 Å². The van der Waals surface area contributed by atoms with Gasteiger partial charge in [-0.15, -0.1) is 11.3 Å². The second-order valence-corrected chi connectivity index (χ2v) is 5.41. The Balaban J connectivity index is 1.78. The van der Waals surface area contributed by atoms with Crippen LogP contribution in [0.5, 0.6) is 5.75 Å². The molecule has 1 N–H and O–H groups in total. The molecule has 0 bridgehead atoms. The minimum atomic E-state index is -0.220. The zero-order chi connectivity index (χ0) is 14.8. The average molecular weight is 303 g/mol. The highest BCUT2D eigenvalue weighted by molar-refractivity contribution is 7.07. The molecule has 2 amide bonds. The predicted octanol–water partition coefficient (Wildman–Crippen LogP) is 1.75. The van der Waals surface area contributed by atoms with Gasteiger partial charge in [-0.1, -0.05) is 0 Å². The molecule has 0 radical (unpaired) electrons. The monoisotopic (exact) mass is 303 g/mol. The van der Waals surface area contributed by atoms with E-state index >= 15 is 0 Å². The van der Waals surface area contributed by atoms with Crippen molar-refractivity contribution < 1.29 is 14.3 Å². The molecule has 3 rings (SSSR count). The smallest absolute Gasteiger partial charge is 0.262 e. The number of anilines is 1. The van der Waals surface area contributed by atoms with E-state index in [4.69, 9.17) is 4.74 Å². The summed E-state index contributed by atoms with van der Waals surface area (Å²) in [5.74, 6) is 0.224. The Morgan fingerprint density at radius 1 is 1.52 bits per heavy atom. The maximum atomic E-state index is 12.4. The molecule has 0 saturated carbocycles. The second-order valence-electron chi connectivity index (χ2n) is 4.69. The number of rotatable bonds is 3. The van der Waals surface area contributed by atoms with Crippen molar-refractivity contribution in [3.05, 3.63) is 40.3 Å². The van der Waals surface area contributed by atoms with Crippen LogP contribution < -0.4 is 10.1 Å². The van der Waals surface area contributed by atoms with Crippen LogP contribution in [0.2, 0.25) is 0 Å². The van der Waals surface area contributed by atoms with Crippen LogP contribution in [0.4, 0.5) is 5.69 Å². The van der Waals surface area contributed by atoms with Gasteiger partial charge in [0.05, 0.1) is 23.4 Å². The second kappa shape index (κ2) is 5.53. The third-order valence-corrected chi connectivity index (χ3v) is 3.72. The van der Waals surface area contributed by atoms with Gasteiger partial charge in [0.2, 0.25) is 0 Å². The SMILES string of the molecule is CN(Cc1cscn1)C(=O)c1ccc2c(c1)NC(=O)CO2. The van der Waals surface area contributed by atoms with Gasteiger partial charge in [-0.25, -0.2) is 4.98 Å². The molecule has 21 heavy (non-hydrogen) atoms. The molecular weight excluding hydrogens is 290 g/mol. The van der Waals surface area contributed by atoms with E-state index in [-0.39, 0.29) is 18.4 Å². The first-order chi connectivity index (χ1) is 10.1. The molecule has 7 heteroatoms. The summed E-state index contributed by atoms with van der Waals surface area (Å²) >= 11 is 1.49. The third kappa shape index (κ3) is 2.87. The van der Waals surface area contributed by atoms with E-state index in [0.717, 1.165) is 5.69 Å². The molecule has 2 heterocycles. The van der Waals surface area contributed by atoms with Crippen LogP contribution in [-0.2, 0) is 11.3 Å². The molecule has 0 fully saturated rings. The minimum absolute atomic E-state index is 0.00399. The van der Waals surface area contributed by atoms with Crippen molar-refractivity contribution in [2.45, 2.75) is 6.54 Å². The molecular formula is C14H13N3O3S. The number of hydrogen-bond acceptors (Lipinski definition) is 5. The third-order valence-electron chi connectivity index (χ3n) is 3.09. The molecule has 0 aliphatic carbocycles. The van der Waals surface area contributed by atoms with Crippen molar-refractivity contribution in [3.63, 3.8) is 0 Å². The van der Waals surface area contributed by atoms with Crippen molar-refractivity contribution in [2.75, 3.05) is 19.0 Å². The first-order valence-electron chi connectivity index (χ1n) is 6.33. The summed E-state index contributed by atoms with van der Waals surface area (Å²) in [5, 5.41) is 4.60. The molecule has 0 saturated heterocycles. The van der Waals surface area contributed by atoms with Gasteiger partial charge in [0.15, 0.2) is 6.61 Å². The fourth-order valence-corrected chi connectivity index (χ4v) is 2.62. The fourth-order valence-electron chi connectivity index (χ4n) is 2.07. The fraction of sp³-hybridized carbons (Fsp3) is 0.214. The molecule has 6 nitrogen and oxygen atoms in total. The Kier molecular flexibility index (Phi) is 3.57. The van der Waals surface area contributed by atoms with Crippen molar-refractivity contribution in [1.29, 1.82) is 0 Å². The molecule has 0 unspecified atom stereocenters. The highest BCUT2D eigenvalue weighted by Crippen LogP contribution is 2.28. The van der Waals surface area contributed by atoms with Crippen molar-refractivity contribution in [2.24, 2.45) is 0 Å². The van der Waals surface area contributed by atoms with E-state index in [2.05, 4.69) is 10.3 Å². The summed E-state index contributed by atoms with van der Waals surface area (Å²) in [6.07, 6.45) is 0. The topological polar surface area (TPSA) is 71.5 Å². The highest BCUT2D eigenvalue weighted by Gasteiger charge is 2.19. The largest absolute Gasteiger partial charge is 0.482 e. The van der Waals surface area contributed by atoms with Crippen molar-refractivity contribution in [1.82, 2.24) is 9.88 Å². The van der Waals surface area contributed by atoms with Crippen molar-refractivity contribution in [3.8, 4) is 5.75 Å². The Morgan fingerprint density at radius 2 is 2.38 bits per heavy atom. The lowest BCUT2D eigenvalue weighted by Crippen LogP contribution is -2.28. The summed E-state index contributed by atoms with van der Waals surface area (Å²) in [6, 6.07) is 5.02. The zero-order valence-electron chi connectivity index (χ0n) is 11.3. The number of carbonyl (C=O) groups excluding carboxylic acids is 2. The maximum Gasteiger partial charge on any atom is 0.262 e. The summed E-state index contributed by atoms with van der Waals surface area (Å²) in [6.45, 7) is 0.451. The maximum absolute atomic E-state index is 12.4. The van der Waals surface area contributed by atoms with E-state index in [9.17, 15) is 9.59 Å². The van der Waals surface area contributed by atoms with E-state index in [1.165, 1.54) is 11.3 Å². The first-order valence-corrected chi connectivity index (χ1v) is 7.27. The summed E-state index contributed by atoms with van der Waals surface area (Å²) in [7, 11) is 1.72. The van der Waals surface area contributed by atoms with Crippen LogP contribution in [0.3, 0.4) is 0 Å². The Morgan fingerprint density at radius 3 is 3.14 bits per heavy atom. The number of aromatic nitrogens is 1. The summed E-state index contributed by atoms with van der Waals surface area (Å²) in [5.41, 5.74) is 3.61. The lowest BCUT2D eigenvalue weighted by atomic mass is 10.1. The molecule has 2 aromatic rings. The van der Waals surface area contributed by atoms with Crippen LogP contribution in [0.1, 0.15) is 16.1 Å². The van der Waals surface area contributed by atoms with E-state index in [1.54, 1.807) is 35.7 Å². The zero-order valence-corrected chi connectivity index (χ0v) is 12.1. The quantitative estimate of drug-likeness (QED) is 0.937. The number of thiazole rings is 1. The van der Waals surface area contributed by atoms with E-state index in [0.29, 0.717) is 23.5 Å². The van der Waals surface area contributed by atoms with Gasteiger partial charge in [0.25, 0.3) is 11.8 Å². The van der Waals surface area contributed by atoms with Gasteiger partial charge in [0, 0.05) is 18.0 Å². The Hall–Kier alpha value is -2.41. The number of nitrogens with zero attached hydrogens (tertiary/aromatic N) is 2. The summed E-state index contributed by atoms with van der Waals surface area (Å²) in [4.78, 5) is 29.4. The number of nitrogens with one attached hydrogen (secondary N) is 1. The van der Waals surface area contributed by atoms with E-state index < -0.39 is 0 Å². The Bertz CT molecular complexity index is 685. The molecule has 0 spiro atoms. The number of ether oxygens (including phenoxy) is 1. The molecule has 1 aromatic heterocycles. The van der Waals surface area contributed by atoms with Gasteiger partial charge in [-0.05, 0) is 18.2 Å². The molecule has 108 valence electrons. The number of fused-ring (bicyclic) bond motifs is 1. The molecule has 1 aliphatic heterocycles. The van der Waals surface area contributed by atoms with Crippen LogP contribution in [0.15, 0.2) is 29.1 Å². The van der Waals surface area contributed by atoms with Crippen LogP contribution >= 0.6 is 11.3 Å². The number of carbonyl (C=O) groups is 2. The minimum Gasteiger partial charge on any atom is -0.482 e. The lowest BCUT2D eigenvalue weighted by Gasteiger charge is -2.20. The number of benzene rings is 1.